The number of rotatable bonds is 7. The Balaban J connectivity index is 1.43. The van der Waals surface area contributed by atoms with Crippen molar-refractivity contribution in [3.63, 3.8) is 0 Å². The van der Waals surface area contributed by atoms with Gasteiger partial charge in [0, 0.05) is 42.8 Å². The summed E-state index contributed by atoms with van der Waals surface area (Å²) in [6.45, 7) is 1.42. The average Bonchev–Trinajstić information content (AvgIpc) is 3.40. The fourth-order valence-electron chi connectivity index (χ4n) is 2.92. The monoisotopic (exact) mass is 360 g/mol. The highest BCUT2D eigenvalue weighted by Gasteiger charge is 2.09. The molecule has 4 aromatic rings. The third-order valence-corrected chi connectivity index (χ3v) is 4.27. The molecule has 0 fully saturated rings. The molecular weight excluding hydrogens is 340 g/mol. The molecule has 0 aliphatic rings. The van der Waals surface area contributed by atoms with Gasteiger partial charge in [0.2, 0.25) is 0 Å². The van der Waals surface area contributed by atoms with E-state index in [2.05, 4.69) is 25.6 Å². The Bertz CT molecular complexity index is 1010. The molecule has 1 aromatic carbocycles. The Morgan fingerprint density at radius 3 is 2.93 bits per heavy atom. The molecule has 0 aliphatic heterocycles. The van der Waals surface area contributed by atoms with E-state index in [1.165, 1.54) is 0 Å². The van der Waals surface area contributed by atoms with Gasteiger partial charge >= 0.3 is 0 Å². The van der Waals surface area contributed by atoms with Crippen LogP contribution in [-0.2, 0) is 13.1 Å². The fraction of sp³-hybridized carbons (Fsp3) is 0.150. The third-order valence-electron chi connectivity index (χ3n) is 4.27. The normalized spacial score (nSPS) is 10.9. The van der Waals surface area contributed by atoms with Crippen LogP contribution >= 0.6 is 0 Å². The van der Waals surface area contributed by atoms with Gasteiger partial charge in [0.15, 0.2) is 5.82 Å². The van der Waals surface area contributed by atoms with E-state index in [1.807, 2.05) is 54.9 Å². The fourth-order valence-corrected chi connectivity index (χ4v) is 2.92. The summed E-state index contributed by atoms with van der Waals surface area (Å²) in [6.07, 6.45) is 7.27. The van der Waals surface area contributed by atoms with Gasteiger partial charge in [-0.1, -0.05) is 12.1 Å². The van der Waals surface area contributed by atoms with Gasteiger partial charge in [-0.15, -0.1) is 0 Å². The minimum atomic E-state index is 0.697. The Kier molecular flexibility index (Phi) is 4.93. The summed E-state index contributed by atoms with van der Waals surface area (Å²) in [7, 11) is 1.67. The lowest BCUT2D eigenvalue weighted by Crippen LogP contribution is -2.13. The van der Waals surface area contributed by atoms with Gasteiger partial charge in [0.1, 0.15) is 5.75 Å². The van der Waals surface area contributed by atoms with Crippen molar-refractivity contribution in [1.82, 2.24) is 30.3 Å². The third kappa shape index (κ3) is 3.88. The minimum Gasteiger partial charge on any atom is -0.497 e. The zero-order valence-corrected chi connectivity index (χ0v) is 15.0. The average molecular weight is 360 g/mol. The van der Waals surface area contributed by atoms with Crippen LogP contribution in [0.25, 0.3) is 17.1 Å². The number of benzene rings is 1. The van der Waals surface area contributed by atoms with Gasteiger partial charge in [-0.3, -0.25) is 5.10 Å². The van der Waals surface area contributed by atoms with E-state index in [1.54, 1.807) is 24.2 Å². The lowest BCUT2D eigenvalue weighted by atomic mass is 10.1. The Labute approximate surface area is 157 Å². The predicted molar refractivity (Wildman–Crippen MR) is 102 cm³/mol. The van der Waals surface area contributed by atoms with Crippen LogP contribution in [0.2, 0.25) is 0 Å². The molecular formula is C20H20N6O. The van der Waals surface area contributed by atoms with Crippen molar-refractivity contribution >= 4 is 0 Å². The molecule has 0 saturated carbocycles. The molecule has 0 unspecified atom stereocenters. The first-order valence-corrected chi connectivity index (χ1v) is 8.66. The molecule has 3 aromatic heterocycles. The number of nitrogens with zero attached hydrogens (tertiary/aromatic N) is 4. The predicted octanol–water partition coefficient (Wildman–Crippen LogP) is 2.96. The molecule has 0 atom stereocenters. The smallest absolute Gasteiger partial charge is 0.153 e. The lowest BCUT2D eigenvalue weighted by Gasteiger charge is -2.08. The van der Waals surface area contributed by atoms with Crippen LogP contribution < -0.4 is 10.1 Å². The summed E-state index contributed by atoms with van der Waals surface area (Å²) in [4.78, 5) is 4.36. The standard InChI is InChI=1S/C20H20N6O/c1-27-18-5-2-4-16(11-18)20-17(14-23-25-20)13-21-12-15-6-8-22-19(10-15)26-9-3-7-24-26/h2-11,14,21H,12-13H2,1H3,(H,23,25). The van der Waals surface area contributed by atoms with Gasteiger partial charge in [0.05, 0.1) is 19.0 Å². The van der Waals surface area contributed by atoms with E-state index in [0.29, 0.717) is 6.54 Å². The van der Waals surface area contributed by atoms with Crippen molar-refractivity contribution in [2.24, 2.45) is 0 Å². The van der Waals surface area contributed by atoms with Crippen LogP contribution in [0.5, 0.6) is 5.75 Å². The molecule has 7 nitrogen and oxygen atoms in total. The Hall–Kier alpha value is -3.45. The summed E-state index contributed by atoms with van der Waals surface area (Å²) >= 11 is 0. The summed E-state index contributed by atoms with van der Waals surface area (Å²) in [5.74, 6) is 1.63. The maximum absolute atomic E-state index is 5.31. The maximum atomic E-state index is 5.31. The largest absolute Gasteiger partial charge is 0.497 e. The molecule has 7 heteroatoms. The molecule has 0 amide bonds. The molecule has 2 N–H and O–H groups in total. The molecule has 0 radical (unpaired) electrons. The first-order chi connectivity index (χ1) is 13.3. The SMILES string of the molecule is COc1cccc(-c2[nH]ncc2CNCc2ccnc(-n3cccn3)c2)c1. The van der Waals surface area contributed by atoms with Crippen molar-refractivity contribution in [3.05, 3.63) is 78.4 Å². The van der Waals surface area contributed by atoms with Crippen molar-refractivity contribution in [2.75, 3.05) is 7.11 Å². The van der Waals surface area contributed by atoms with Crippen LogP contribution in [0.3, 0.4) is 0 Å². The Morgan fingerprint density at radius 2 is 2.07 bits per heavy atom. The molecule has 0 aliphatic carbocycles. The Morgan fingerprint density at radius 1 is 1.11 bits per heavy atom. The number of nitrogens with one attached hydrogen (secondary N) is 2. The van der Waals surface area contributed by atoms with Gasteiger partial charge in [-0.25, -0.2) is 9.67 Å². The first-order valence-electron chi connectivity index (χ1n) is 8.66. The quantitative estimate of drug-likeness (QED) is 0.530. The summed E-state index contributed by atoms with van der Waals surface area (Å²) in [6, 6.07) is 13.8. The first kappa shape index (κ1) is 17.0. The second-order valence-corrected chi connectivity index (χ2v) is 6.08. The van der Waals surface area contributed by atoms with Gasteiger partial charge in [-0.05, 0) is 35.9 Å². The molecule has 0 spiro atoms. The van der Waals surface area contributed by atoms with E-state index in [-0.39, 0.29) is 0 Å². The summed E-state index contributed by atoms with van der Waals surface area (Å²) in [5.41, 5.74) is 4.29. The molecule has 0 saturated heterocycles. The van der Waals surface area contributed by atoms with Crippen LogP contribution in [0.1, 0.15) is 11.1 Å². The molecule has 136 valence electrons. The number of aromatic nitrogens is 5. The lowest BCUT2D eigenvalue weighted by molar-refractivity contribution is 0.415. The number of hydrogen-bond acceptors (Lipinski definition) is 5. The van der Waals surface area contributed by atoms with Crippen LogP contribution in [0.15, 0.2) is 67.3 Å². The number of aromatic amines is 1. The number of methoxy groups -OCH3 is 1. The van der Waals surface area contributed by atoms with E-state index >= 15 is 0 Å². The topological polar surface area (TPSA) is 80.6 Å². The summed E-state index contributed by atoms with van der Waals surface area (Å²) < 4.78 is 7.06. The van der Waals surface area contributed by atoms with E-state index < -0.39 is 0 Å². The highest BCUT2D eigenvalue weighted by atomic mass is 16.5. The zero-order chi connectivity index (χ0) is 18.5. The van der Waals surface area contributed by atoms with Crippen LogP contribution in [0, 0.1) is 0 Å². The van der Waals surface area contributed by atoms with Crippen molar-refractivity contribution in [3.8, 4) is 22.8 Å². The second-order valence-electron chi connectivity index (χ2n) is 6.08. The van der Waals surface area contributed by atoms with Crippen LogP contribution in [-0.4, -0.2) is 32.1 Å². The van der Waals surface area contributed by atoms with E-state index in [9.17, 15) is 0 Å². The molecule has 27 heavy (non-hydrogen) atoms. The van der Waals surface area contributed by atoms with E-state index in [0.717, 1.165) is 40.5 Å². The number of ether oxygens (including phenoxy) is 1. The zero-order valence-electron chi connectivity index (χ0n) is 15.0. The highest BCUT2D eigenvalue weighted by molar-refractivity contribution is 5.64. The van der Waals surface area contributed by atoms with Crippen LogP contribution in [0.4, 0.5) is 0 Å². The van der Waals surface area contributed by atoms with Crippen molar-refractivity contribution < 1.29 is 4.74 Å². The maximum Gasteiger partial charge on any atom is 0.153 e. The number of pyridine rings is 1. The van der Waals surface area contributed by atoms with E-state index in [4.69, 9.17) is 4.74 Å². The molecule has 4 rings (SSSR count). The highest BCUT2D eigenvalue weighted by Crippen LogP contribution is 2.24. The van der Waals surface area contributed by atoms with Gasteiger partial charge < -0.3 is 10.1 Å². The van der Waals surface area contributed by atoms with Gasteiger partial charge in [-0.2, -0.15) is 10.2 Å². The second kappa shape index (κ2) is 7.84. The molecule has 3 heterocycles. The minimum absolute atomic E-state index is 0.697. The van der Waals surface area contributed by atoms with Gasteiger partial charge in [0.25, 0.3) is 0 Å². The number of hydrogen-bond donors (Lipinski definition) is 2. The summed E-state index contributed by atoms with van der Waals surface area (Å²) in [5, 5.41) is 15.0. The molecule has 0 bridgehead atoms. The van der Waals surface area contributed by atoms with Crippen molar-refractivity contribution in [2.45, 2.75) is 13.1 Å². The number of H-pyrrole nitrogens is 1. The van der Waals surface area contributed by atoms with Crippen molar-refractivity contribution in [1.29, 1.82) is 0 Å².